The van der Waals surface area contributed by atoms with E-state index in [9.17, 15) is 0 Å². The number of imidazole rings is 1. The molecule has 0 spiro atoms. The maximum absolute atomic E-state index is 4.82. The van der Waals surface area contributed by atoms with Crippen molar-refractivity contribution in [2.75, 3.05) is 37.8 Å². The Kier molecular flexibility index (Phi) is 6.06. The summed E-state index contributed by atoms with van der Waals surface area (Å²) in [5.74, 6) is 0. The van der Waals surface area contributed by atoms with Gasteiger partial charge >= 0.3 is 0 Å². The van der Waals surface area contributed by atoms with Crippen LogP contribution in [0.15, 0.2) is 54.6 Å². The number of rotatable bonds is 8. The van der Waals surface area contributed by atoms with Crippen molar-refractivity contribution in [2.45, 2.75) is 13.8 Å². The van der Waals surface area contributed by atoms with Gasteiger partial charge in [-0.25, -0.2) is 9.97 Å². The Bertz CT molecular complexity index is 1200. The molecule has 0 bridgehead atoms. The maximum atomic E-state index is 4.82. The minimum atomic E-state index is 0.856. The zero-order chi connectivity index (χ0) is 22.0. The molecule has 0 amide bonds. The van der Waals surface area contributed by atoms with Gasteiger partial charge in [0, 0.05) is 42.1 Å². The monoisotopic (exact) mass is 432 g/mol. The number of nitrogens with one attached hydrogen (secondary N) is 2. The molecule has 0 aliphatic rings. The Morgan fingerprint density at radius 1 is 1.13 bits per heavy atom. The summed E-state index contributed by atoms with van der Waals surface area (Å²) >= 11 is 1.59. The molecule has 31 heavy (non-hydrogen) atoms. The van der Waals surface area contributed by atoms with Crippen molar-refractivity contribution >= 4 is 39.1 Å². The molecule has 4 aromatic rings. The quantitative estimate of drug-likeness (QED) is 0.384. The molecule has 3 aromatic heterocycles. The van der Waals surface area contributed by atoms with E-state index in [-0.39, 0.29) is 0 Å². The first-order valence-electron chi connectivity index (χ1n) is 10.3. The van der Waals surface area contributed by atoms with E-state index in [1.54, 1.807) is 11.3 Å². The lowest BCUT2D eigenvalue weighted by molar-refractivity contribution is 0.425. The minimum absolute atomic E-state index is 0.856. The van der Waals surface area contributed by atoms with Gasteiger partial charge in [0.15, 0.2) is 5.13 Å². The van der Waals surface area contributed by atoms with E-state index in [1.807, 2.05) is 13.8 Å². The summed E-state index contributed by atoms with van der Waals surface area (Å²) in [6.45, 7) is 9.90. The first-order valence-corrected chi connectivity index (χ1v) is 11.1. The highest BCUT2D eigenvalue weighted by Crippen LogP contribution is 2.30. The van der Waals surface area contributed by atoms with Crippen molar-refractivity contribution in [1.82, 2.24) is 19.3 Å². The van der Waals surface area contributed by atoms with Crippen LogP contribution in [0.2, 0.25) is 0 Å². The number of anilines is 3. The first-order chi connectivity index (χ1) is 14.9. The molecule has 0 fully saturated rings. The highest BCUT2D eigenvalue weighted by molar-refractivity contribution is 7.14. The van der Waals surface area contributed by atoms with E-state index in [2.05, 4.69) is 88.6 Å². The molecule has 4 rings (SSSR count). The smallest absolute Gasteiger partial charge is 0.187 e. The summed E-state index contributed by atoms with van der Waals surface area (Å²) in [7, 11) is 4.15. The Balaban J connectivity index is 1.54. The normalized spacial score (nSPS) is 11.3. The summed E-state index contributed by atoms with van der Waals surface area (Å²) in [5.41, 5.74) is 8.11. The predicted molar refractivity (Wildman–Crippen MR) is 133 cm³/mol. The molecule has 0 radical (unpaired) electrons. The number of pyridine rings is 1. The summed E-state index contributed by atoms with van der Waals surface area (Å²) in [5, 5.41) is 9.78. The van der Waals surface area contributed by atoms with Crippen LogP contribution in [-0.4, -0.2) is 46.5 Å². The average molecular weight is 433 g/mol. The van der Waals surface area contributed by atoms with Crippen molar-refractivity contribution in [3.8, 4) is 11.4 Å². The van der Waals surface area contributed by atoms with E-state index < -0.39 is 0 Å². The van der Waals surface area contributed by atoms with E-state index >= 15 is 0 Å². The van der Waals surface area contributed by atoms with Crippen molar-refractivity contribution in [2.24, 2.45) is 0 Å². The van der Waals surface area contributed by atoms with E-state index in [0.717, 1.165) is 63.5 Å². The molecule has 0 saturated carbocycles. The Labute approximate surface area is 187 Å². The average Bonchev–Trinajstić information content (AvgIpc) is 3.30. The lowest BCUT2D eigenvalue weighted by atomic mass is 10.1. The molecule has 0 unspecified atom stereocenters. The standard InChI is InChI=1S/C24H28N6S/c1-16(2)18-6-8-19(9-7-18)27-24-28-21(15-31-24)23-17(3)26-22-14-20(10-12-30(22)23)25-11-13-29(4)5/h6-10,12,14-15,25H,1,11,13H2,2-5H3,(H,27,28). The highest BCUT2D eigenvalue weighted by Gasteiger charge is 2.15. The second-order valence-electron chi connectivity index (χ2n) is 7.94. The number of aromatic nitrogens is 3. The topological polar surface area (TPSA) is 57.5 Å². The van der Waals surface area contributed by atoms with Gasteiger partial charge in [0.1, 0.15) is 11.3 Å². The summed E-state index contributed by atoms with van der Waals surface area (Å²) in [6, 6.07) is 12.4. The highest BCUT2D eigenvalue weighted by atomic mass is 32.1. The zero-order valence-corrected chi connectivity index (χ0v) is 19.3. The van der Waals surface area contributed by atoms with Crippen LogP contribution in [0.4, 0.5) is 16.5 Å². The Hall–Kier alpha value is -3.16. The Morgan fingerprint density at radius 3 is 2.61 bits per heavy atom. The molecule has 6 nitrogen and oxygen atoms in total. The molecular formula is C24H28N6S. The molecule has 0 aliphatic heterocycles. The Morgan fingerprint density at radius 2 is 1.90 bits per heavy atom. The van der Waals surface area contributed by atoms with Crippen LogP contribution in [-0.2, 0) is 0 Å². The molecular weight excluding hydrogens is 404 g/mol. The second-order valence-corrected chi connectivity index (χ2v) is 8.80. The van der Waals surface area contributed by atoms with Crippen molar-refractivity contribution < 1.29 is 0 Å². The van der Waals surface area contributed by atoms with Gasteiger partial charge in [0.05, 0.1) is 11.4 Å². The van der Waals surface area contributed by atoms with Crippen LogP contribution in [0, 0.1) is 6.92 Å². The van der Waals surface area contributed by atoms with Crippen LogP contribution in [0.5, 0.6) is 0 Å². The summed E-state index contributed by atoms with van der Waals surface area (Å²) in [4.78, 5) is 11.7. The minimum Gasteiger partial charge on any atom is -0.384 e. The number of likely N-dealkylation sites (N-methyl/N-ethyl adjacent to an activating group) is 1. The van der Waals surface area contributed by atoms with E-state index in [1.165, 1.54) is 0 Å². The molecule has 0 aliphatic carbocycles. The van der Waals surface area contributed by atoms with Crippen LogP contribution in [0.3, 0.4) is 0 Å². The molecule has 3 heterocycles. The fourth-order valence-corrected chi connectivity index (χ4v) is 4.12. The van der Waals surface area contributed by atoms with Crippen LogP contribution < -0.4 is 10.6 Å². The number of hydrogen-bond donors (Lipinski definition) is 2. The van der Waals surface area contributed by atoms with Crippen molar-refractivity contribution in [3.05, 3.63) is 65.8 Å². The molecule has 0 atom stereocenters. The SMILES string of the molecule is C=C(C)c1ccc(Nc2nc(-c3c(C)nc4cc(NCCN(C)C)ccn34)cs2)cc1. The number of aryl methyl sites for hydroxylation is 1. The lowest BCUT2D eigenvalue weighted by Crippen LogP contribution is -2.20. The van der Waals surface area contributed by atoms with Crippen molar-refractivity contribution in [3.63, 3.8) is 0 Å². The number of nitrogens with zero attached hydrogens (tertiary/aromatic N) is 4. The third-order valence-corrected chi connectivity index (χ3v) is 5.82. The molecule has 2 N–H and O–H groups in total. The van der Waals surface area contributed by atoms with E-state index in [4.69, 9.17) is 9.97 Å². The van der Waals surface area contributed by atoms with Gasteiger partial charge in [0.25, 0.3) is 0 Å². The summed E-state index contributed by atoms with van der Waals surface area (Å²) in [6.07, 6.45) is 2.06. The second kappa shape index (κ2) is 8.91. The fourth-order valence-electron chi connectivity index (χ4n) is 3.41. The van der Waals surface area contributed by atoms with Gasteiger partial charge < -0.3 is 15.5 Å². The predicted octanol–water partition coefficient (Wildman–Crippen LogP) is 5.52. The zero-order valence-electron chi connectivity index (χ0n) is 18.4. The fraction of sp³-hybridized carbons (Fsp3) is 0.250. The van der Waals surface area contributed by atoms with Crippen LogP contribution in [0.1, 0.15) is 18.2 Å². The van der Waals surface area contributed by atoms with Crippen molar-refractivity contribution in [1.29, 1.82) is 0 Å². The van der Waals surface area contributed by atoms with Gasteiger partial charge in [-0.1, -0.05) is 24.3 Å². The number of thiazole rings is 1. The van der Waals surface area contributed by atoms with Gasteiger partial charge in [-0.2, -0.15) is 0 Å². The first kappa shape index (κ1) is 21.1. The molecule has 0 saturated heterocycles. The molecule has 1 aromatic carbocycles. The molecule has 160 valence electrons. The lowest BCUT2D eigenvalue weighted by Gasteiger charge is -2.11. The van der Waals surface area contributed by atoms with Gasteiger partial charge in [-0.3, -0.25) is 4.40 Å². The van der Waals surface area contributed by atoms with Gasteiger partial charge in [-0.15, -0.1) is 11.3 Å². The summed E-state index contributed by atoms with van der Waals surface area (Å²) < 4.78 is 2.10. The largest absolute Gasteiger partial charge is 0.384 e. The van der Waals surface area contributed by atoms with Crippen LogP contribution in [0.25, 0.3) is 22.6 Å². The van der Waals surface area contributed by atoms with Gasteiger partial charge in [0.2, 0.25) is 0 Å². The maximum Gasteiger partial charge on any atom is 0.187 e. The third kappa shape index (κ3) is 4.78. The van der Waals surface area contributed by atoms with E-state index in [0.29, 0.717) is 0 Å². The van der Waals surface area contributed by atoms with Gasteiger partial charge in [-0.05, 0) is 51.7 Å². The number of allylic oxidation sites excluding steroid dienone is 1. The molecule has 7 heteroatoms. The third-order valence-electron chi connectivity index (χ3n) is 5.06. The number of hydrogen-bond acceptors (Lipinski definition) is 6. The number of benzene rings is 1. The number of fused-ring (bicyclic) bond motifs is 1. The van der Waals surface area contributed by atoms with Crippen LogP contribution >= 0.6 is 11.3 Å².